The second-order valence-corrected chi connectivity index (χ2v) is 5.23. The molecule has 2 rings (SSSR count). The number of carboxylic acid groups (broad SMARTS) is 1. The molecule has 5 heteroatoms. The fourth-order valence-electron chi connectivity index (χ4n) is 2.23. The molecule has 1 aromatic carbocycles. The van der Waals surface area contributed by atoms with Gasteiger partial charge in [-0.15, -0.1) is 0 Å². The van der Waals surface area contributed by atoms with Crippen LogP contribution in [0.3, 0.4) is 0 Å². The third-order valence-corrected chi connectivity index (χ3v) is 3.44. The molecule has 110 valence electrons. The van der Waals surface area contributed by atoms with Gasteiger partial charge in [-0.25, -0.2) is 9.78 Å². The molecule has 0 aliphatic rings. The molecule has 0 bridgehead atoms. The van der Waals surface area contributed by atoms with Crippen molar-refractivity contribution >= 4 is 22.8 Å². The van der Waals surface area contributed by atoms with E-state index in [0.717, 1.165) is 5.39 Å². The molecule has 0 spiro atoms. The number of hydrogen-bond acceptors (Lipinski definition) is 3. The molecule has 0 radical (unpaired) electrons. The van der Waals surface area contributed by atoms with Crippen LogP contribution in [-0.2, 0) is 4.79 Å². The van der Waals surface area contributed by atoms with Gasteiger partial charge < -0.3 is 10.4 Å². The standard InChI is InChI=1S/C16H18N2O3/c1-3-10-16(2,15(20)21)18-14(19)13-9-8-11-6-4-5-7-12(11)17-13/h4-9H,3,10H2,1-2H3,(H,18,19)(H,20,21). The second kappa shape index (κ2) is 5.91. The lowest BCUT2D eigenvalue weighted by Crippen LogP contribution is -2.52. The zero-order valence-electron chi connectivity index (χ0n) is 12.1. The molecular weight excluding hydrogens is 268 g/mol. The molecule has 0 aliphatic heterocycles. The predicted molar refractivity (Wildman–Crippen MR) is 80.2 cm³/mol. The summed E-state index contributed by atoms with van der Waals surface area (Å²) >= 11 is 0. The molecular formula is C16H18N2O3. The summed E-state index contributed by atoms with van der Waals surface area (Å²) in [6, 6.07) is 10.9. The van der Waals surface area contributed by atoms with Crippen LogP contribution in [-0.4, -0.2) is 27.5 Å². The number of carbonyl (C=O) groups is 2. The van der Waals surface area contributed by atoms with Crippen molar-refractivity contribution < 1.29 is 14.7 Å². The first-order valence-corrected chi connectivity index (χ1v) is 6.88. The highest BCUT2D eigenvalue weighted by Crippen LogP contribution is 2.15. The molecule has 2 N–H and O–H groups in total. The van der Waals surface area contributed by atoms with E-state index in [2.05, 4.69) is 10.3 Å². The SMILES string of the molecule is CCCC(C)(NC(=O)c1ccc2ccccc2n1)C(=O)O. The van der Waals surface area contributed by atoms with Crippen molar-refractivity contribution in [3.63, 3.8) is 0 Å². The van der Waals surface area contributed by atoms with Gasteiger partial charge in [0, 0.05) is 5.39 Å². The summed E-state index contributed by atoms with van der Waals surface area (Å²) in [5, 5.41) is 12.8. The molecule has 0 saturated heterocycles. The number of pyridine rings is 1. The quantitative estimate of drug-likeness (QED) is 0.885. The van der Waals surface area contributed by atoms with Gasteiger partial charge in [0.05, 0.1) is 5.52 Å². The van der Waals surface area contributed by atoms with Gasteiger partial charge in [0.25, 0.3) is 5.91 Å². The molecule has 1 atom stereocenters. The average Bonchev–Trinajstić information content (AvgIpc) is 2.46. The Morgan fingerprint density at radius 1 is 1.24 bits per heavy atom. The van der Waals surface area contributed by atoms with Gasteiger partial charge in [0.15, 0.2) is 0 Å². The highest BCUT2D eigenvalue weighted by Gasteiger charge is 2.34. The van der Waals surface area contributed by atoms with Crippen molar-refractivity contribution in [1.82, 2.24) is 10.3 Å². The van der Waals surface area contributed by atoms with E-state index < -0.39 is 17.4 Å². The summed E-state index contributed by atoms with van der Waals surface area (Å²) in [4.78, 5) is 27.9. The third-order valence-electron chi connectivity index (χ3n) is 3.44. The molecule has 5 nitrogen and oxygen atoms in total. The molecule has 1 aromatic heterocycles. The van der Waals surface area contributed by atoms with Crippen molar-refractivity contribution in [2.45, 2.75) is 32.2 Å². The van der Waals surface area contributed by atoms with Crippen molar-refractivity contribution in [1.29, 1.82) is 0 Å². The lowest BCUT2D eigenvalue weighted by atomic mass is 9.96. The number of fused-ring (bicyclic) bond motifs is 1. The number of rotatable bonds is 5. The van der Waals surface area contributed by atoms with E-state index >= 15 is 0 Å². The number of amides is 1. The molecule has 21 heavy (non-hydrogen) atoms. The summed E-state index contributed by atoms with van der Waals surface area (Å²) in [6.07, 6.45) is 1.02. The number of benzene rings is 1. The summed E-state index contributed by atoms with van der Waals surface area (Å²) in [7, 11) is 0. The highest BCUT2D eigenvalue weighted by atomic mass is 16.4. The molecule has 0 saturated carbocycles. The third kappa shape index (κ3) is 3.18. The first-order valence-electron chi connectivity index (χ1n) is 6.88. The Kier molecular flexibility index (Phi) is 4.21. The maximum absolute atomic E-state index is 12.2. The Morgan fingerprint density at radius 2 is 1.95 bits per heavy atom. The first-order chi connectivity index (χ1) is 9.96. The largest absolute Gasteiger partial charge is 0.480 e. The van der Waals surface area contributed by atoms with Gasteiger partial charge >= 0.3 is 5.97 Å². The fraction of sp³-hybridized carbons (Fsp3) is 0.312. The number of nitrogens with zero attached hydrogens (tertiary/aromatic N) is 1. The molecule has 1 amide bonds. The van der Waals surface area contributed by atoms with Crippen LogP contribution < -0.4 is 5.32 Å². The average molecular weight is 286 g/mol. The Hall–Kier alpha value is -2.43. The van der Waals surface area contributed by atoms with Crippen LogP contribution in [0.4, 0.5) is 0 Å². The van der Waals surface area contributed by atoms with Gasteiger partial charge in [0.2, 0.25) is 0 Å². The Labute approximate surface area is 123 Å². The number of hydrogen-bond donors (Lipinski definition) is 2. The zero-order valence-corrected chi connectivity index (χ0v) is 12.1. The van der Waals surface area contributed by atoms with Gasteiger partial charge in [-0.1, -0.05) is 37.6 Å². The summed E-state index contributed by atoms with van der Waals surface area (Å²) in [6.45, 7) is 3.39. The van der Waals surface area contributed by atoms with E-state index in [4.69, 9.17) is 0 Å². The van der Waals surface area contributed by atoms with E-state index in [0.29, 0.717) is 18.4 Å². The Morgan fingerprint density at radius 3 is 2.62 bits per heavy atom. The van der Waals surface area contributed by atoms with E-state index in [1.165, 1.54) is 6.92 Å². The first kappa shape index (κ1) is 15.0. The second-order valence-electron chi connectivity index (χ2n) is 5.23. The van der Waals surface area contributed by atoms with Crippen molar-refractivity contribution in [2.24, 2.45) is 0 Å². The predicted octanol–water partition coefficient (Wildman–Crippen LogP) is 2.61. The van der Waals surface area contributed by atoms with E-state index in [9.17, 15) is 14.7 Å². The maximum Gasteiger partial charge on any atom is 0.329 e. The minimum absolute atomic E-state index is 0.220. The number of aromatic nitrogens is 1. The molecule has 2 aromatic rings. The normalized spacial score (nSPS) is 13.6. The van der Waals surface area contributed by atoms with Crippen LogP contribution in [0.2, 0.25) is 0 Å². The monoisotopic (exact) mass is 286 g/mol. The number of carboxylic acids is 1. The minimum Gasteiger partial charge on any atom is -0.480 e. The van der Waals surface area contributed by atoms with E-state index in [1.54, 1.807) is 12.1 Å². The fourth-order valence-corrected chi connectivity index (χ4v) is 2.23. The van der Waals surface area contributed by atoms with Gasteiger partial charge in [-0.05, 0) is 25.5 Å². The number of aliphatic carboxylic acids is 1. The lowest BCUT2D eigenvalue weighted by molar-refractivity contribution is -0.144. The summed E-state index contributed by atoms with van der Waals surface area (Å²) in [5.41, 5.74) is -0.353. The topological polar surface area (TPSA) is 79.3 Å². The minimum atomic E-state index is -1.28. The summed E-state index contributed by atoms with van der Waals surface area (Å²) in [5.74, 6) is -1.52. The number of para-hydroxylation sites is 1. The molecule has 1 heterocycles. The van der Waals surface area contributed by atoms with E-state index in [1.807, 2.05) is 31.2 Å². The maximum atomic E-state index is 12.2. The van der Waals surface area contributed by atoms with Crippen LogP contribution in [0.5, 0.6) is 0 Å². The number of carbonyl (C=O) groups excluding carboxylic acids is 1. The van der Waals surface area contributed by atoms with Gasteiger partial charge in [-0.2, -0.15) is 0 Å². The van der Waals surface area contributed by atoms with Crippen LogP contribution >= 0.6 is 0 Å². The Balaban J connectivity index is 2.27. The molecule has 0 fully saturated rings. The Bertz CT molecular complexity index is 684. The van der Waals surface area contributed by atoms with Crippen LogP contribution in [0, 0.1) is 0 Å². The van der Waals surface area contributed by atoms with Gasteiger partial charge in [-0.3, -0.25) is 4.79 Å². The number of nitrogens with one attached hydrogen (secondary N) is 1. The van der Waals surface area contributed by atoms with E-state index in [-0.39, 0.29) is 5.69 Å². The lowest BCUT2D eigenvalue weighted by Gasteiger charge is -2.25. The van der Waals surface area contributed by atoms with Crippen LogP contribution in [0.15, 0.2) is 36.4 Å². The van der Waals surface area contributed by atoms with Crippen LogP contribution in [0.1, 0.15) is 37.2 Å². The molecule has 0 aliphatic carbocycles. The zero-order chi connectivity index (χ0) is 15.5. The van der Waals surface area contributed by atoms with Crippen molar-refractivity contribution in [2.75, 3.05) is 0 Å². The summed E-state index contributed by atoms with van der Waals surface area (Å²) < 4.78 is 0. The van der Waals surface area contributed by atoms with Crippen molar-refractivity contribution in [3.05, 3.63) is 42.1 Å². The van der Waals surface area contributed by atoms with Gasteiger partial charge in [0.1, 0.15) is 11.2 Å². The smallest absolute Gasteiger partial charge is 0.329 e. The van der Waals surface area contributed by atoms with Crippen molar-refractivity contribution in [3.8, 4) is 0 Å². The molecule has 1 unspecified atom stereocenters. The highest BCUT2D eigenvalue weighted by molar-refractivity contribution is 5.98. The van der Waals surface area contributed by atoms with Crippen LogP contribution in [0.25, 0.3) is 10.9 Å².